The maximum atomic E-state index is 8.50. The zero-order valence-corrected chi connectivity index (χ0v) is 6.91. The predicted molar refractivity (Wildman–Crippen MR) is 47.3 cm³/mol. The lowest BCUT2D eigenvalue weighted by molar-refractivity contribution is 1.19. The van der Waals surface area contributed by atoms with Gasteiger partial charge in [-0.05, 0) is 25.5 Å². The molecular weight excluding hydrogens is 136 g/mol. The second-order valence-corrected chi connectivity index (χ2v) is 1.91. The van der Waals surface area contributed by atoms with Crippen LogP contribution in [0.4, 0.5) is 0 Å². The molecule has 0 saturated carbocycles. The number of hydrogen-bond acceptors (Lipinski definition) is 2. The summed E-state index contributed by atoms with van der Waals surface area (Å²) in [5.41, 5.74) is 0.477. The van der Waals surface area contributed by atoms with Gasteiger partial charge in [-0.3, -0.25) is 0 Å². The van der Waals surface area contributed by atoms with Crippen LogP contribution in [0.1, 0.15) is 20.3 Å². The SMILES string of the molecule is C\C=C/C=N/C(C#N)=C/CC. The molecule has 2 nitrogen and oxygen atoms in total. The van der Waals surface area contributed by atoms with Gasteiger partial charge >= 0.3 is 0 Å². The molecule has 0 amide bonds. The van der Waals surface area contributed by atoms with Crippen molar-refractivity contribution in [2.75, 3.05) is 0 Å². The normalized spacial score (nSPS) is 12.6. The largest absolute Gasteiger partial charge is 0.246 e. The third-order valence-electron chi connectivity index (χ3n) is 1.00. The van der Waals surface area contributed by atoms with Gasteiger partial charge in [0.25, 0.3) is 0 Å². The molecular formula is C9H12N2. The van der Waals surface area contributed by atoms with Gasteiger partial charge in [-0.25, -0.2) is 4.99 Å². The highest BCUT2D eigenvalue weighted by Gasteiger charge is 1.84. The van der Waals surface area contributed by atoms with Crippen LogP contribution < -0.4 is 0 Å². The monoisotopic (exact) mass is 148 g/mol. The molecule has 0 saturated heterocycles. The first kappa shape index (κ1) is 9.64. The van der Waals surface area contributed by atoms with Crippen LogP contribution >= 0.6 is 0 Å². The van der Waals surface area contributed by atoms with Crippen molar-refractivity contribution in [2.45, 2.75) is 20.3 Å². The Balaban J connectivity index is 4.11. The summed E-state index contributed by atoms with van der Waals surface area (Å²) in [4.78, 5) is 3.91. The minimum atomic E-state index is 0.477. The Kier molecular flexibility index (Phi) is 5.92. The molecule has 0 radical (unpaired) electrons. The van der Waals surface area contributed by atoms with Gasteiger partial charge in [-0.1, -0.05) is 13.0 Å². The van der Waals surface area contributed by atoms with Crippen molar-refractivity contribution in [1.29, 1.82) is 5.26 Å². The Labute approximate surface area is 67.6 Å². The standard InChI is InChI=1S/C9H12N2/c1-3-5-7-11-9(8-10)6-4-2/h3,5-7H,4H2,1-2H3/b5-3-,9-6+,11-7+. The summed E-state index contributed by atoms with van der Waals surface area (Å²) >= 11 is 0. The van der Waals surface area contributed by atoms with E-state index in [2.05, 4.69) is 4.99 Å². The first-order valence-corrected chi connectivity index (χ1v) is 3.60. The Morgan fingerprint density at radius 3 is 2.82 bits per heavy atom. The summed E-state index contributed by atoms with van der Waals surface area (Å²) in [5, 5.41) is 8.50. The number of aliphatic imine (C=N–C) groups is 1. The highest BCUT2D eigenvalue weighted by atomic mass is 14.7. The Morgan fingerprint density at radius 1 is 1.64 bits per heavy atom. The van der Waals surface area contributed by atoms with Crippen molar-refractivity contribution in [3.05, 3.63) is 23.9 Å². The van der Waals surface area contributed by atoms with Crippen molar-refractivity contribution in [3.8, 4) is 6.07 Å². The molecule has 0 unspecified atom stereocenters. The van der Waals surface area contributed by atoms with E-state index in [1.165, 1.54) is 0 Å². The van der Waals surface area contributed by atoms with Crippen LogP contribution in [-0.4, -0.2) is 6.21 Å². The van der Waals surface area contributed by atoms with Crippen molar-refractivity contribution >= 4 is 6.21 Å². The minimum Gasteiger partial charge on any atom is -0.246 e. The zero-order chi connectivity index (χ0) is 8.53. The summed E-state index contributed by atoms with van der Waals surface area (Å²) < 4.78 is 0. The molecule has 0 heterocycles. The van der Waals surface area contributed by atoms with Crippen LogP contribution in [0, 0.1) is 11.3 Å². The van der Waals surface area contributed by atoms with Crippen molar-refractivity contribution < 1.29 is 0 Å². The molecule has 0 rings (SSSR count). The van der Waals surface area contributed by atoms with E-state index < -0.39 is 0 Å². The molecule has 0 spiro atoms. The van der Waals surface area contributed by atoms with E-state index in [9.17, 15) is 0 Å². The van der Waals surface area contributed by atoms with E-state index in [4.69, 9.17) is 5.26 Å². The van der Waals surface area contributed by atoms with Crippen LogP contribution in [0.15, 0.2) is 28.9 Å². The third kappa shape index (κ3) is 5.10. The number of hydrogen-bond donors (Lipinski definition) is 0. The summed E-state index contributed by atoms with van der Waals surface area (Å²) in [5.74, 6) is 0. The molecule has 58 valence electrons. The van der Waals surface area contributed by atoms with Gasteiger partial charge in [-0.2, -0.15) is 5.26 Å². The van der Waals surface area contributed by atoms with E-state index in [0.29, 0.717) is 5.70 Å². The average Bonchev–Trinajstić information content (AvgIpc) is 2.03. The molecule has 0 aliphatic carbocycles. The minimum absolute atomic E-state index is 0.477. The quantitative estimate of drug-likeness (QED) is 0.447. The lowest BCUT2D eigenvalue weighted by Gasteiger charge is -1.83. The fourth-order valence-corrected chi connectivity index (χ4v) is 0.530. The van der Waals surface area contributed by atoms with Crippen molar-refractivity contribution in [3.63, 3.8) is 0 Å². The Hall–Kier alpha value is -1.36. The molecule has 0 N–H and O–H groups in total. The topological polar surface area (TPSA) is 36.1 Å². The van der Waals surface area contributed by atoms with Gasteiger partial charge in [0.2, 0.25) is 0 Å². The van der Waals surface area contributed by atoms with Crippen LogP contribution in [0.25, 0.3) is 0 Å². The first-order chi connectivity index (χ1) is 5.35. The smallest absolute Gasteiger partial charge is 0.136 e. The lowest BCUT2D eigenvalue weighted by Crippen LogP contribution is -1.72. The highest BCUT2D eigenvalue weighted by molar-refractivity contribution is 5.72. The summed E-state index contributed by atoms with van der Waals surface area (Å²) in [6.45, 7) is 3.88. The van der Waals surface area contributed by atoms with Crippen molar-refractivity contribution in [2.24, 2.45) is 4.99 Å². The lowest BCUT2D eigenvalue weighted by atomic mass is 10.4. The van der Waals surface area contributed by atoms with E-state index in [0.717, 1.165) is 6.42 Å². The molecule has 0 bridgehead atoms. The molecule has 0 atom stereocenters. The van der Waals surface area contributed by atoms with Gasteiger partial charge in [0, 0.05) is 6.21 Å². The van der Waals surface area contributed by atoms with E-state index in [1.807, 2.05) is 26.0 Å². The maximum absolute atomic E-state index is 8.50. The van der Waals surface area contributed by atoms with Gasteiger partial charge in [-0.15, -0.1) is 0 Å². The van der Waals surface area contributed by atoms with Gasteiger partial charge in [0.1, 0.15) is 11.8 Å². The molecule has 0 fully saturated rings. The predicted octanol–water partition coefficient (Wildman–Crippen LogP) is 2.45. The fourth-order valence-electron chi connectivity index (χ4n) is 0.530. The number of nitriles is 1. The van der Waals surface area contributed by atoms with Crippen LogP contribution in [0.3, 0.4) is 0 Å². The number of nitrogens with zero attached hydrogens (tertiary/aromatic N) is 2. The van der Waals surface area contributed by atoms with Crippen LogP contribution in [-0.2, 0) is 0 Å². The fraction of sp³-hybridized carbons (Fsp3) is 0.333. The molecule has 11 heavy (non-hydrogen) atoms. The average molecular weight is 148 g/mol. The summed E-state index contributed by atoms with van der Waals surface area (Å²) in [6, 6.07) is 1.99. The highest BCUT2D eigenvalue weighted by Crippen LogP contribution is 1.94. The molecule has 0 aromatic rings. The molecule has 0 aromatic heterocycles. The molecule has 0 aliphatic rings. The van der Waals surface area contributed by atoms with E-state index in [1.54, 1.807) is 18.4 Å². The first-order valence-electron chi connectivity index (χ1n) is 3.60. The van der Waals surface area contributed by atoms with Gasteiger partial charge in [0.15, 0.2) is 0 Å². The number of rotatable bonds is 3. The van der Waals surface area contributed by atoms with Gasteiger partial charge < -0.3 is 0 Å². The molecule has 0 aliphatic heterocycles. The number of allylic oxidation sites excluding steroid dienone is 4. The van der Waals surface area contributed by atoms with Crippen LogP contribution in [0.5, 0.6) is 0 Å². The van der Waals surface area contributed by atoms with Gasteiger partial charge in [0.05, 0.1) is 0 Å². The second kappa shape index (κ2) is 6.76. The van der Waals surface area contributed by atoms with Crippen LogP contribution in [0.2, 0.25) is 0 Å². The van der Waals surface area contributed by atoms with E-state index in [-0.39, 0.29) is 0 Å². The summed E-state index contributed by atoms with van der Waals surface area (Å²) in [6.07, 6.45) is 7.91. The maximum Gasteiger partial charge on any atom is 0.136 e. The molecule has 0 aromatic carbocycles. The Bertz CT molecular complexity index is 216. The third-order valence-corrected chi connectivity index (χ3v) is 1.00. The zero-order valence-electron chi connectivity index (χ0n) is 6.91. The second-order valence-electron chi connectivity index (χ2n) is 1.91. The Morgan fingerprint density at radius 2 is 2.36 bits per heavy atom. The van der Waals surface area contributed by atoms with E-state index >= 15 is 0 Å². The molecule has 2 heteroatoms. The summed E-state index contributed by atoms with van der Waals surface area (Å²) in [7, 11) is 0. The van der Waals surface area contributed by atoms with Crippen molar-refractivity contribution in [1.82, 2.24) is 0 Å².